The van der Waals surface area contributed by atoms with E-state index in [1.807, 2.05) is 13.8 Å². The van der Waals surface area contributed by atoms with Gasteiger partial charge >= 0.3 is 0 Å². The third-order valence-electron chi connectivity index (χ3n) is 3.45. The zero-order chi connectivity index (χ0) is 13.5. The summed E-state index contributed by atoms with van der Waals surface area (Å²) in [6.45, 7) is 4.06. The molecule has 2 unspecified atom stereocenters. The summed E-state index contributed by atoms with van der Waals surface area (Å²) >= 11 is 9.46. The van der Waals surface area contributed by atoms with E-state index in [1.54, 1.807) is 6.07 Å². The average molecular weight is 335 g/mol. The molecule has 0 radical (unpaired) electrons. The Morgan fingerprint density at radius 2 is 2.22 bits per heavy atom. The van der Waals surface area contributed by atoms with Crippen LogP contribution in [0.5, 0.6) is 5.75 Å². The molecule has 0 N–H and O–H groups in total. The number of halogens is 2. The van der Waals surface area contributed by atoms with Crippen molar-refractivity contribution in [3.05, 3.63) is 32.8 Å². The lowest BCUT2D eigenvalue weighted by molar-refractivity contribution is -0.385. The third kappa shape index (κ3) is 2.34. The summed E-state index contributed by atoms with van der Waals surface area (Å²) < 4.78 is 6.53. The molecule has 0 aromatic heterocycles. The maximum Gasteiger partial charge on any atom is 0.273 e. The maximum absolute atomic E-state index is 10.7. The first-order valence-corrected chi connectivity index (χ1v) is 6.80. The van der Waals surface area contributed by atoms with Crippen LogP contribution in [0.4, 0.5) is 5.69 Å². The van der Waals surface area contributed by atoms with Crippen molar-refractivity contribution in [2.75, 3.05) is 0 Å². The number of alkyl halides is 1. The van der Waals surface area contributed by atoms with Crippen LogP contribution in [0.3, 0.4) is 0 Å². The van der Waals surface area contributed by atoms with Crippen LogP contribution in [0, 0.1) is 15.5 Å². The molecule has 0 saturated heterocycles. The highest BCUT2D eigenvalue weighted by atomic mass is 79.9. The summed E-state index contributed by atoms with van der Waals surface area (Å²) in [5.41, 5.74) is -0.0984. The van der Waals surface area contributed by atoms with Gasteiger partial charge in [0.1, 0.15) is 11.9 Å². The van der Waals surface area contributed by atoms with Gasteiger partial charge in [-0.25, -0.2) is 0 Å². The fourth-order valence-corrected chi connectivity index (χ4v) is 2.53. The zero-order valence-corrected chi connectivity index (χ0v) is 12.4. The molecule has 1 aliphatic carbocycles. The van der Waals surface area contributed by atoms with Crippen molar-refractivity contribution in [2.24, 2.45) is 5.41 Å². The van der Waals surface area contributed by atoms with Gasteiger partial charge in [-0.3, -0.25) is 10.1 Å². The topological polar surface area (TPSA) is 52.4 Å². The Bertz CT molecular complexity index is 492. The van der Waals surface area contributed by atoms with Crippen molar-refractivity contribution in [3.8, 4) is 5.75 Å². The van der Waals surface area contributed by atoms with E-state index in [0.29, 0.717) is 10.2 Å². The third-order valence-corrected chi connectivity index (χ3v) is 4.85. The summed E-state index contributed by atoms with van der Waals surface area (Å²) in [5.74, 6) is 0.492. The number of nitrogens with zero attached hydrogens (tertiary/aromatic N) is 1. The fraction of sp³-hybridized carbons (Fsp3) is 0.500. The summed E-state index contributed by atoms with van der Waals surface area (Å²) in [7, 11) is 0. The van der Waals surface area contributed by atoms with Gasteiger partial charge in [0.2, 0.25) is 0 Å². The van der Waals surface area contributed by atoms with Gasteiger partial charge in [-0.15, -0.1) is 11.6 Å². The Morgan fingerprint density at radius 3 is 2.72 bits per heavy atom. The molecule has 1 saturated carbocycles. The lowest BCUT2D eigenvalue weighted by Crippen LogP contribution is -2.53. The van der Waals surface area contributed by atoms with Crippen molar-refractivity contribution in [1.82, 2.24) is 0 Å². The normalized spacial score (nSPS) is 25.3. The van der Waals surface area contributed by atoms with E-state index in [0.717, 1.165) is 6.42 Å². The molecule has 1 aromatic rings. The minimum absolute atomic E-state index is 0.0155. The van der Waals surface area contributed by atoms with E-state index < -0.39 is 4.92 Å². The molecule has 0 bridgehead atoms. The summed E-state index contributed by atoms with van der Waals surface area (Å²) in [6.07, 6.45) is 0.738. The SMILES string of the molecule is CC1(C)C(Cl)CC1Oc1cc([N+](=O)[O-])ccc1Br. The second-order valence-electron chi connectivity index (χ2n) is 5.00. The van der Waals surface area contributed by atoms with E-state index in [9.17, 15) is 10.1 Å². The van der Waals surface area contributed by atoms with Crippen LogP contribution in [0.25, 0.3) is 0 Å². The van der Waals surface area contributed by atoms with Gasteiger partial charge in [-0.1, -0.05) is 13.8 Å². The van der Waals surface area contributed by atoms with E-state index in [2.05, 4.69) is 15.9 Å². The number of rotatable bonds is 3. The highest BCUT2D eigenvalue weighted by molar-refractivity contribution is 9.10. The minimum atomic E-state index is -0.435. The van der Waals surface area contributed by atoms with Crippen molar-refractivity contribution in [1.29, 1.82) is 0 Å². The first-order chi connectivity index (χ1) is 8.32. The molecular formula is C12H13BrClNO3. The maximum atomic E-state index is 10.7. The summed E-state index contributed by atoms with van der Waals surface area (Å²) in [4.78, 5) is 10.3. The van der Waals surface area contributed by atoms with E-state index in [1.165, 1.54) is 12.1 Å². The molecule has 6 heteroatoms. The molecular weight excluding hydrogens is 321 g/mol. The van der Waals surface area contributed by atoms with Crippen LogP contribution in [-0.4, -0.2) is 16.4 Å². The predicted octanol–water partition coefficient (Wildman–Crippen LogP) is 4.14. The standard InChI is InChI=1S/C12H13BrClNO3/c1-12(2)10(14)6-11(12)18-9-5-7(15(16)17)3-4-8(9)13/h3-5,10-11H,6H2,1-2H3. The molecule has 0 aliphatic heterocycles. The number of benzene rings is 1. The van der Waals surface area contributed by atoms with E-state index >= 15 is 0 Å². The first-order valence-electron chi connectivity index (χ1n) is 5.57. The molecule has 1 aromatic carbocycles. The molecule has 98 valence electrons. The van der Waals surface area contributed by atoms with Crippen LogP contribution >= 0.6 is 27.5 Å². The molecule has 2 rings (SSSR count). The Labute approximate surface area is 119 Å². The van der Waals surface area contributed by atoms with Crippen molar-refractivity contribution in [2.45, 2.75) is 31.7 Å². The minimum Gasteiger partial charge on any atom is -0.488 e. The van der Waals surface area contributed by atoms with Gasteiger partial charge in [0, 0.05) is 23.3 Å². The predicted molar refractivity (Wildman–Crippen MR) is 73.3 cm³/mol. The lowest BCUT2D eigenvalue weighted by atomic mass is 9.68. The van der Waals surface area contributed by atoms with Gasteiger partial charge < -0.3 is 4.74 Å². The number of nitro groups is 1. The highest BCUT2D eigenvalue weighted by Gasteiger charge is 2.49. The van der Waals surface area contributed by atoms with E-state index in [4.69, 9.17) is 16.3 Å². The largest absolute Gasteiger partial charge is 0.488 e. The Morgan fingerprint density at radius 1 is 1.56 bits per heavy atom. The van der Waals surface area contributed by atoms with Gasteiger partial charge in [-0.05, 0) is 22.0 Å². The van der Waals surface area contributed by atoms with Crippen LogP contribution in [0.15, 0.2) is 22.7 Å². The van der Waals surface area contributed by atoms with Gasteiger partial charge in [-0.2, -0.15) is 0 Å². The molecule has 18 heavy (non-hydrogen) atoms. The van der Waals surface area contributed by atoms with Crippen LogP contribution in [-0.2, 0) is 0 Å². The van der Waals surface area contributed by atoms with Crippen molar-refractivity contribution >= 4 is 33.2 Å². The molecule has 4 nitrogen and oxygen atoms in total. The Balaban J connectivity index is 2.19. The molecule has 0 amide bonds. The number of ether oxygens (including phenoxy) is 1. The fourth-order valence-electron chi connectivity index (χ4n) is 1.89. The van der Waals surface area contributed by atoms with Crippen LogP contribution in [0.2, 0.25) is 0 Å². The van der Waals surface area contributed by atoms with Gasteiger partial charge in [0.05, 0.1) is 15.5 Å². The quantitative estimate of drug-likeness (QED) is 0.474. The van der Waals surface area contributed by atoms with E-state index in [-0.39, 0.29) is 22.6 Å². The van der Waals surface area contributed by atoms with Crippen molar-refractivity contribution < 1.29 is 9.66 Å². The first kappa shape index (κ1) is 13.6. The molecule has 0 spiro atoms. The number of nitro benzene ring substituents is 1. The van der Waals surface area contributed by atoms with Crippen molar-refractivity contribution in [3.63, 3.8) is 0 Å². The molecule has 2 atom stereocenters. The Hall–Kier alpha value is -0.810. The zero-order valence-electron chi connectivity index (χ0n) is 10.0. The second kappa shape index (κ2) is 4.70. The van der Waals surface area contributed by atoms with Crippen LogP contribution < -0.4 is 4.74 Å². The monoisotopic (exact) mass is 333 g/mol. The highest BCUT2D eigenvalue weighted by Crippen LogP contribution is 2.47. The average Bonchev–Trinajstić information content (AvgIpc) is 2.30. The molecule has 1 fully saturated rings. The summed E-state index contributed by atoms with van der Waals surface area (Å²) in [5, 5.41) is 10.8. The number of non-ortho nitro benzene ring substituents is 1. The summed E-state index contributed by atoms with van der Waals surface area (Å²) in [6, 6.07) is 4.49. The second-order valence-corrected chi connectivity index (χ2v) is 6.38. The lowest BCUT2D eigenvalue weighted by Gasteiger charge is -2.48. The van der Waals surface area contributed by atoms with Gasteiger partial charge in [0.25, 0.3) is 5.69 Å². The smallest absolute Gasteiger partial charge is 0.273 e. The molecule has 1 aliphatic rings. The Kier molecular flexibility index (Phi) is 3.56. The number of hydrogen-bond acceptors (Lipinski definition) is 3. The van der Waals surface area contributed by atoms with Crippen LogP contribution in [0.1, 0.15) is 20.3 Å². The van der Waals surface area contributed by atoms with Gasteiger partial charge in [0.15, 0.2) is 0 Å². The number of hydrogen-bond donors (Lipinski definition) is 0. The molecule has 0 heterocycles.